The number of benzene rings is 2. The van der Waals surface area contributed by atoms with Gasteiger partial charge in [0.2, 0.25) is 10.0 Å². The van der Waals surface area contributed by atoms with Crippen molar-refractivity contribution < 1.29 is 31.5 Å². The van der Waals surface area contributed by atoms with Crippen LogP contribution in [0.2, 0.25) is 5.02 Å². The van der Waals surface area contributed by atoms with Crippen molar-refractivity contribution in [1.29, 1.82) is 0 Å². The summed E-state index contributed by atoms with van der Waals surface area (Å²) in [5, 5.41) is 8.82. The molecule has 0 spiro atoms. The van der Waals surface area contributed by atoms with Crippen LogP contribution in [0, 0.1) is 6.92 Å². The summed E-state index contributed by atoms with van der Waals surface area (Å²) in [5.74, 6) is -1.03. The van der Waals surface area contributed by atoms with Crippen LogP contribution < -0.4 is 0 Å². The minimum atomic E-state index is -4.49. The summed E-state index contributed by atoms with van der Waals surface area (Å²) in [6, 6.07) is 7.73. The topological polar surface area (TPSA) is 77.9 Å². The highest BCUT2D eigenvalue weighted by Gasteiger charge is 2.38. The first-order chi connectivity index (χ1) is 16.7. The van der Waals surface area contributed by atoms with Crippen LogP contribution in [-0.4, -0.2) is 60.4 Å². The number of alkyl halides is 3. The molecule has 2 unspecified atom stereocenters. The Balaban J connectivity index is 1.64. The van der Waals surface area contributed by atoms with Crippen molar-refractivity contribution in [2.24, 2.45) is 0 Å². The third kappa shape index (κ3) is 6.59. The van der Waals surface area contributed by atoms with Crippen LogP contribution in [0.3, 0.4) is 0 Å². The Labute approximate surface area is 214 Å². The van der Waals surface area contributed by atoms with Crippen LogP contribution in [0.5, 0.6) is 0 Å². The van der Waals surface area contributed by atoms with Crippen LogP contribution in [0.15, 0.2) is 41.3 Å². The Morgan fingerprint density at radius 1 is 1.11 bits per heavy atom. The van der Waals surface area contributed by atoms with Crippen LogP contribution >= 0.6 is 11.6 Å². The largest absolute Gasteiger partial charge is 0.481 e. The van der Waals surface area contributed by atoms with Gasteiger partial charge in [-0.2, -0.15) is 17.5 Å². The van der Waals surface area contributed by atoms with Crippen molar-refractivity contribution >= 4 is 27.6 Å². The smallest absolute Gasteiger partial charge is 0.417 e. The van der Waals surface area contributed by atoms with E-state index in [4.69, 9.17) is 16.7 Å². The van der Waals surface area contributed by atoms with Gasteiger partial charge in [-0.3, -0.25) is 4.79 Å². The predicted octanol–water partition coefficient (Wildman–Crippen LogP) is 5.01. The summed E-state index contributed by atoms with van der Waals surface area (Å²) in [5.41, 5.74) is 1.05. The van der Waals surface area contributed by atoms with E-state index in [-0.39, 0.29) is 28.4 Å². The Kier molecular flexibility index (Phi) is 8.75. The number of carbonyl (C=O) groups is 1. The number of carboxylic acid groups (broad SMARTS) is 1. The van der Waals surface area contributed by atoms with Gasteiger partial charge in [0.15, 0.2) is 0 Å². The van der Waals surface area contributed by atoms with E-state index in [1.807, 2.05) is 13.8 Å². The number of aliphatic carboxylic acids is 1. The van der Waals surface area contributed by atoms with Gasteiger partial charge in [-0.1, -0.05) is 23.7 Å². The second-order valence-electron chi connectivity index (χ2n) is 9.37. The second-order valence-corrected chi connectivity index (χ2v) is 11.6. The molecule has 1 heterocycles. The van der Waals surface area contributed by atoms with Gasteiger partial charge in [-0.05, 0) is 81.1 Å². The zero-order valence-corrected chi connectivity index (χ0v) is 21.9. The van der Waals surface area contributed by atoms with Crippen LogP contribution in [0.4, 0.5) is 13.2 Å². The first-order valence-corrected chi connectivity index (χ1v) is 13.4. The maximum Gasteiger partial charge on any atom is 0.417 e. The Morgan fingerprint density at radius 3 is 2.31 bits per heavy atom. The summed E-state index contributed by atoms with van der Waals surface area (Å²) in [6.07, 6.45) is -3.50. The number of aryl methyl sites for hydroxylation is 2. The second kappa shape index (κ2) is 11.1. The zero-order chi connectivity index (χ0) is 26.8. The Hall–Kier alpha value is -2.14. The minimum Gasteiger partial charge on any atom is -0.481 e. The SMILES string of the molecule is Cc1ccc(S(=O)(=O)N2C(C)CN(CCCc3ccc(C(F)(F)F)c(Cl)c3)CC2C)cc1CC(=O)O. The molecule has 1 aliphatic rings. The number of piperazine rings is 1. The molecule has 2 atom stereocenters. The highest BCUT2D eigenvalue weighted by molar-refractivity contribution is 7.89. The number of halogens is 4. The molecule has 0 radical (unpaired) electrons. The van der Waals surface area contributed by atoms with Crippen LogP contribution in [-0.2, 0) is 33.8 Å². The maximum absolute atomic E-state index is 13.5. The molecular formula is C25H30ClF3N2O4S. The van der Waals surface area contributed by atoms with Crippen molar-refractivity contribution in [1.82, 2.24) is 9.21 Å². The first-order valence-electron chi connectivity index (χ1n) is 11.6. The minimum absolute atomic E-state index is 0.0793. The number of rotatable bonds is 8. The predicted molar refractivity (Wildman–Crippen MR) is 132 cm³/mol. The highest BCUT2D eigenvalue weighted by atomic mass is 35.5. The summed E-state index contributed by atoms with van der Waals surface area (Å²) in [7, 11) is -3.84. The van der Waals surface area contributed by atoms with Gasteiger partial charge >= 0.3 is 12.1 Å². The Bertz CT molecular complexity index is 1210. The fourth-order valence-corrected chi connectivity index (χ4v) is 6.97. The molecule has 1 N–H and O–H groups in total. The van der Waals surface area contributed by atoms with Crippen molar-refractivity contribution in [2.45, 2.75) is 63.2 Å². The molecular weight excluding hydrogens is 517 g/mol. The molecule has 6 nitrogen and oxygen atoms in total. The summed E-state index contributed by atoms with van der Waals surface area (Å²) < 4.78 is 67.1. The van der Waals surface area contributed by atoms with E-state index < -0.39 is 27.7 Å². The third-order valence-electron chi connectivity index (χ3n) is 6.43. The van der Waals surface area contributed by atoms with Crippen molar-refractivity contribution in [2.75, 3.05) is 19.6 Å². The van der Waals surface area contributed by atoms with Crippen LogP contribution in [0.25, 0.3) is 0 Å². The van der Waals surface area contributed by atoms with E-state index in [1.54, 1.807) is 13.0 Å². The summed E-state index contributed by atoms with van der Waals surface area (Å²) in [6.45, 7) is 7.09. The average Bonchev–Trinajstić information content (AvgIpc) is 2.73. The molecule has 3 rings (SSSR count). The molecule has 0 bridgehead atoms. The number of hydrogen-bond acceptors (Lipinski definition) is 4. The van der Waals surface area contributed by atoms with Gasteiger partial charge in [-0.25, -0.2) is 8.42 Å². The van der Waals surface area contributed by atoms with Crippen molar-refractivity contribution in [3.8, 4) is 0 Å². The molecule has 1 aliphatic heterocycles. The molecule has 0 saturated carbocycles. The zero-order valence-electron chi connectivity index (χ0n) is 20.3. The van der Waals surface area contributed by atoms with E-state index in [2.05, 4.69) is 4.90 Å². The molecule has 1 fully saturated rings. The fraction of sp³-hybridized carbons (Fsp3) is 0.480. The van der Waals surface area contributed by atoms with E-state index in [1.165, 1.54) is 28.6 Å². The molecule has 11 heteroatoms. The fourth-order valence-electron chi connectivity index (χ4n) is 4.81. The average molecular weight is 547 g/mol. The quantitative estimate of drug-likeness (QED) is 0.503. The molecule has 36 heavy (non-hydrogen) atoms. The van der Waals surface area contributed by atoms with Gasteiger partial charge in [0, 0.05) is 25.2 Å². The van der Waals surface area contributed by atoms with E-state index in [0.29, 0.717) is 43.6 Å². The lowest BCUT2D eigenvalue weighted by molar-refractivity contribution is -0.138. The number of nitrogens with zero attached hydrogens (tertiary/aromatic N) is 2. The lowest BCUT2D eigenvalue weighted by Crippen LogP contribution is -2.58. The standard InChI is InChI=1S/C25H30ClF3N2O4S/c1-16-6-8-21(12-20(16)13-24(32)33)36(34,35)31-17(2)14-30(15-18(31)3)10-4-5-19-7-9-22(23(26)11-19)25(27,28)29/h6-9,11-12,17-18H,4-5,10,13-15H2,1-3H3,(H,32,33). The first kappa shape index (κ1) is 28.4. The highest BCUT2D eigenvalue weighted by Crippen LogP contribution is 2.35. The van der Waals surface area contributed by atoms with Crippen molar-refractivity contribution in [3.63, 3.8) is 0 Å². The molecule has 2 aromatic carbocycles. The van der Waals surface area contributed by atoms with E-state index in [0.717, 1.165) is 11.6 Å². The molecule has 0 amide bonds. The van der Waals surface area contributed by atoms with Gasteiger partial charge in [0.25, 0.3) is 0 Å². The third-order valence-corrected chi connectivity index (χ3v) is 8.87. The number of hydrogen-bond donors (Lipinski definition) is 1. The molecule has 0 aromatic heterocycles. The molecule has 2 aromatic rings. The maximum atomic E-state index is 13.5. The molecule has 1 saturated heterocycles. The summed E-state index contributed by atoms with van der Waals surface area (Å²) in [4.78, 5) is 13.4. The molecule has 0 aliphatic carbocycles. The molecule has 198 valence electrons. The lowest BCUT2D eigenvalue weighted by atomic mass is 10.1. The lowest BCUT2D eigenvalue weighted by Gasteiger charge is -2.43. The van der Waals surface area contributed by atoms with Gasteiger partial charge < -0.3 is 10.0 Å². The van der Waals surface area contributed by atoms with Crippen molar-refractivity contribution in [3.05, 3.63) is 63.7 Å². The van der Waals surface area contributed by atoms with Crippen LogP contribution in [0.1, 0.15) is 42.5 Å². The van der Waals surface area contributed by atoms with E-state index in [9.17, 15) is 26.4 Å². The van der Waals surface area contributed by atoms with Gasteiger partial charge in [0.05, 0.1) is 21.9 Å². The number of sulfonamides is 1. The van der Waals surface area contributed by atoms with Gasteiger partial charge in [0.1, 0.15) is 0 Å². The monoisotopic (exact) mass is 546 g/mol. The number of carboxylic acids is 1. The Morgan fingerprint density at radius 2 is 1.75 bits per heavy atom. The summed E-state index contributed by atoms with van der Waals surface area (Å²) >= 11 is 5.81. The van der Waals surface area contributed by atoms with E-state index >= 15 is 0 Å². The van der Waals surface area contributed by atoms with Gasteiger partial charge in [-0.15, -0.1) is 0 Å². The normalized spacial score (nSPS) is 20.0.